The third kappa shape index (κ3) is 7.90. The molecule has 4 amide bonds. The lowest BCUT2D eigenvalue weighted by Crippen LogP contribution is -2.44. The number of nitrogens with zero attached hydrogens (tertiary/aromatic N) is 6. The van der Waals surface area contributed by atoms with Crippen LogP contribution in [-0.2, 0) is 22.6 Å². The average Bonchev–Trinajstić information content (AvgIpc) is 3.79. The van der Waals surface area contributed by atoms with Crippen LogP contribution in [-0.4, -0.2) is 72.9 Å². The van der Waals surface area contributed by atoms with Crippen molar-refractivity contribution in [2.24, 2.45) is 5.92 Å². The average molecular weight is 636 g/mol. The number of carbonyl (C=O) groups is 4. The van der Waals surface area contributed by atoms with Crippen molar-refractivity contribution in [2.75, 3.05) is 19.6 Å². The SMILES string of the molecule is CC(C)[C@@H]1NC(=O)c2csc(n2)[C@H](Cc2ccccc2)NC(=O)CN(C(=O)Cn2cnnc2)CCCNC(=O)c2csc1n2. The number of hydrogen-bond acceptors (Lipinski definition) is 10. The highest BCUT2D eigenvalue weighted by molar-refractivity contribution is 7.10. The minimum absolute atomic E-state index is 0.0000314. The van der Waals surface area contributed by atoms with Crippen LogP contribution in [0.15, 0.2) is 53.7 Å². The maximum absolute atomic E-state index is 13.4. The van der Waals surface area contributed by atoms with E-state index >= 15 is 0 Å². The largest absolute Gasteiger partial charge is 0.351 e. The van der Waals surface area contributed by atoms with E-state index in [1.165, 1.54) is 44.8 Å². The van der Waals surface area contributed by atoms with Gasteiger partial charge in [0, 0.05) is 23.8 Å². The lowest BCUT2D eigenvalue weighted by molar-refractivity contribution is -0.136. The van der Waals surface area contributed by atoms with Gasteiger partial charge in [0.25, 0.3) is 11.8 Å². The van der Waals surface area contributed by atoms with E-state index < -0.39 is 12.1 Å². The first-order valence-corrected chi connectivity index (χ1v) is 16.0. The number of amides is 4. The van der Waals surface area contributed by atoms with Gasteiger partial charge < -0.3 is 25.4 Å². The summed E-state index contributed by atoms with van der Waals surface area (Å²) in [6, 6.07) is 8.71. The summed E-state index contributed by atoms with van der Waals surface area (Å²) in [6.07, 6.45) is 3.72. The predicted octanol–water partition coefficient (Wildman–Crippen LogP) is 2.38. The van der Waals surface area contributed by atoms with Gasteiger partial charge in [-0.1, -0.05) is 44.2 Å². The van der Waals surface area contributed by atoms with E-state index in [0.717, 1.165) is 5.56 Å². The molecule has 230 valence electrons. The minimum Gasteiger partial charge on any atom is -0.351 e. The van der Waals surface area contributed by atoms with E-state index in [0.29, 0.717) is 22.9 Å². The molecule has 5 rings (SSSR count). The number of rotatable bonds is 5. The molecule has 4 bridgehead atoms. The van der Waals surface area contributed by atoms with Crippen LogP contribution in [0.1, 0.15) is 68.9 Å². The standard InChI is InChI=1S/C29H33N9O4S2/c1-18(2)25-29-35-21(14-44-29)26(41)30-9-6-10-38(24(40)13-37-16-31-32-17-37)12-23(39)33-20(11-19-7-4-3-5-8-19)28-34-22(15-43-28)27(42)36-25/h3-5,7-8,14-18,20,25H,6,9-13H2,1-2H3,(H,30,41)(H,33,39)(H,36,42)/t20-,25-/m0/s1. The number of carbonyl (C=O) groups excluding carboxylic acids is 4. The smallest absolute Gasteiger partial charge is 0.271 e. The molecule has 1 aromatic carbocycles. The Hall–Kier alpha value is -4.50. The van der Waals surface area contributed by atoms with Crippen molar-refractivity contribution in [2.45, 2.75) is 45.3 Å². The molecule has 15 heteroatoms. The molecular weight excluding hydrogens is 603 g/mol. The van der Waals surface area contributed by atoms with Crippen LogP contribution in [0, 0.1) is 5.92 Å². The number of benzene rings is 1. The Bertz CT molecular complexity index is 1590. The molecule has 13 nitrogen and oxygen atoms in total. The molecule has 0 radical (unpaired) electrons. The summed E-state index contributed by atoms with van der Waals surface area (Å²) in [4.78, 5) is 63.5. The molecule has 4 heterocycles. The molecule has 3 aromatic heterocycles. The first-order valence-electron chi connectivity index (χ1n) is 14.2. The van der Waals surface area contributed by atoms with Crippen molar-refractivity contribution in [1.29, 1.82) is 0 Å². The number of hydrogen-bond donors (Lipinski definition) is 3. The molecule has 4 aromatic rings. The molecule has 0 saturated heterocycles. The predicted molar refractivity (Wildman–Crippen MR) is 164 cm³/mol. The van der Waals surface area contributed by atoms with Crippen LogP contribution in [0.25, 0.3) is 0 Å². The van der Waals surface area contributed by atoms with Gasteiger partial charge in [0.15, 0.2) is 0 Å². The number of thiazole rings is 2. The molecule has 0 aliphatic carbocycles. The van der Waals surface area contributed by atoms with Gasteiger partial charge >= 0.3 is 0 Å². The summed E-state index contributed by atoms with van der Waals surface area (Å²) in [5, 5.41) is 20.9. The molecule has 2 atom stereocenters. The number of aromatic nitrogens is 5. The molecule has 1 aliphatic heterocycles. The zero-order valence-electron chi connectivity index (χ0n) is 24.3. The van der Waals surface area contributed by atoms with Gasteiger partial charge in [-0.3, -0.25) is 19.2 Å². The zero-order valence-corrected chi connectivity index (χ0v) is 25.9. The lowest BCUT2D eigenvalue weighted by atomic mass is 10.0. The van der Waals surface area contributed by atoms with Crippen LogP contribution < -0.4 is 16.0 Å². The van der Waals surface area contributed by atoms with Gasteiger partial charge in [0.1, 0.15) is 40.6 Å². The van der Waals surface area contributed by atoms with Gasteiger partial charge in [-0.05, 0) is 24.3 Å². The fourth-order valence-electron chi connectivity index (χ4n) is 4.69. The Morgan fingerprint density at radius 1 is 0.955 bits per heavy atom. The topological polar surface area (TPSA) is 164 Å². The molecule has 1 aliphatic rings. The summed E-state index contributed by atoms with van der Waals surface area (Å²) in [5.74, 6) is -1.40. The van der Waals surface area contributed by atoms with Crippen molar-refractivity contribution in [1.82, 2.24) is 45.6 Å². The maximum Gasteiger partial charge on any atom is 0.271 e. The van der Waals surface area contributed by atoms with Crippen molar-refractivity contribution in [3.05, 3.63) is 80.7 Å². The maximum atomic E-state index is 13.4. The Balaban J connectivity index is 1.44. The highest BCUT2D eigenvalue weighted by Gasteiger charge is 2.27. The van der Waals surface area contributed by atoms with Crippen molar-refractivity contribution in [3.8, 4) is 0 Å². The molecule has 0 fully saturated rings. The molecule has 0 unspecified atom stereocenters. The van der Waals surface area contributed by atoms with Crippen molar-refractivity contribution >= 4 is 46.3 Å². The molecule has 44 heavy (non-hydrogen) atoms. The van der Waals surface area contributed by atoms with E-state index in [9.17, 15) is 19.2 Å². The van der Waals surface area contributed by atoms with E-state index in [-0.39, 0.29) is 67.1 Å². The first kappa shape index (κ1) is 30.9. The fraction of sp³-hybridized carbons (Fsp3) is 0.379. The highest BCUT2D eigenvalue weighted by Crippen LogP contribution is 2.27. The zero-order chi connectivity index (χ0) is 31.1. The minimum atomic E-state index is -0.532. The third-order valence-corrected chi connectivity index (χ3v) is 8.89. The van der Waals surface area contributed by atoms with Gasteiger partial charge in [-0.15, -0.1) is 32.9 Å². The van der Waals surface area contributed by atoms with Crippen LogP contribution in [0.4, 0.5) is 0 Å². The van der Waals surface area contributed by atoms with Crippen LogP contribution in [0.3, 0.4) is 0 Å². The van der Waals surface area contributed by atoms with Gasteiger partial charge in [-0.2, -0.15) is 0 Å². The van der Waals surface area contributed by atoms with E-state index in [1.54, 1.807) is 10.8 Å². The van der Waals surface area contributed by atoms with Crippen LogP contribution in [0.5, 0.6) is 0 Å². The fourth-order valence-corrected chi connectivity index (χ4v) is 6.56. The molecule has 3 N–H and O–H groups in total. The van der Waals surface area contributed by atoms with Gasteiger partial charge in [0.05, 0.1) is 18.6 Å². The summed E-state index contributed by atoms with van der Waals surface area (Å²) in [5.41, 5.74) is 1.46. The number of nitrogens with one attached hydrogen (secondary N) is 3. The van der Waals surface area contributed by atoms with E-state index in [4.69, 9.17) is 0 Å². The molecule has 0 saturated carbocycles. The Labute approximate surface area is 262 Å². The first-order chi connectivity index (χ1) is 21.3. The summed E-state index contributed by atoms with van der Waals surface area (Å²) in [7, 11) is 0. The highest BCUT2D eigenvalue weighted by atomic mass is 32.1. The van der Waals surface area contributed by atoms with Gasteiger partial charge in [0.2, 0.25) is 11.8 Å². The Morgan fingerprint density at radius 2 is 1.64 bits per heavy atom. The second-order valence-corrected chi connectivity index (χ2v) is 12.5. The molecule has 0 spiro atoms. The lowest BCUT2D eigenvalue weighted by Gasteiger charge is -2.24. The second kappa shape index (κ2) is 14.3. The summed E-state index contributed by atoms with van der Waals surface area (Å²) < 4.78 is 1.53. The molecular formula is C29H33N9O4S2. The monoisotopic (exact) mass is 635 g/mol. The van der Waals surface area contributed by atoms with Crippen LogP contribution in [0.2, 0.25) is 0 Å². The number of fused-ring (bicyclic) bond motifs is 4. The summed E-state index contributed by atoms with van der Waals surface area (Å²) in [6.45, 7) is 4.20. The normalized spacial score (nSPS) is 18.5. The Morgan fingerprint density at radius 3 is 2.36 bits per heavy atom. The Kier molecular flexibility index (Phi) is 10.1. The third-order valence-electron chi connectivity index (χ3n) is 7.01. The quantitative estimate of drug-likeness (QED) is 0.301. The van der Waals surface area contributed by atoms with Crippen LogP contribution >= 0.6 is 22.7 Å². The van der Waals surface area contributed by atoms with Crippen molar-refractivity contribution in [3.63, 3.8) is 0 Å². The second-order valence-electron chi connectivity index (χ2n) is 10.7. The van der Waals surface area contributed by atoms with E-state index in [2.05, 4.69) is 36.1 Å². The summed E-state index contributed by atoms with van der Waals surface area (Å²) >= 11 is 2.59. The van der Waals surface area contributed by atoms with E-state index in [1.807, 2.05) is 44.2 Å². The van der Waals surface area contributed by atoms with Gasteiger partial charge in [-0.25, -0.2) is 9.97 Å². The van der Waals surface area contributed by atoms with Crippen molar-refractivity contribution < 1.29 is 19.2 Å².